The summed E-state index contributed by atoms with van der Waals surface area (Å²) in [6, 6.07) is 0. The van der Waals surface area contributed by atoms with Crippen molar-refractivity contribution in [1.82, 2.24) is 4.37 Å². The highest BCUT2D eigenvalue weighted by Gasteiger charge is 1.89. The summed E-state index contributed by atoms with van der Waals surface area (Å²) < 4.78 is 3.84. The Morgan fingerprint density at radius 2 is 2.11 bits per heavy atom. The van der Waals surface area contributed by atoms with E-state index >= 15 is 0 Å². The predicted octanol–water partition coefficient (Wildman–Crippen LogP) is 2.06. The van der Waals surface area contributed by atoms with E-state index in [0.717, 1.165) is 10.6 Å². The van der Waals surface area contributed by atoms with Crippen LogP contribution >= 0.6 is 11.5 Å². The maximum atomic E-state index is 5.39. The van der Waals surface area contributed by atoms with Gasteiger partial charge in [0.25, 0.3) is 0 Å². The first-order chi connectivity index (χ1) is 4.30. The lowest BCUT2D eigenvalue weighted by atomic mass is 10.5. The average molecular weight is 144 g/mol. The topological polar surface area (TPSA) is 38.9 Å². The molecule has 0 aliphatic heterocycles. The summed E-state index contributed by atoms with van der Waals surface area (Å²) in [7, 11) is 0. The van der Waals surface area contributed by atoms with Crippen LogP contribution in [-0.2, 0) is 0 Å². The molecule has 52 valence electrons. The second kappa shape index (κ2) is 4.32. The normalized spacial score (nSPS) is 7.89. The zero-order valence-electron chi connectivity index (χ0n) is 6.01. The van der Waals surface area contributed by atoms with Crippen LogP contribution in [0.1, 0.15) is 18.7 Å². The second-order valence-electron chi connectivity index (χ2n) is 1.34. The summed E-state index contributed by atoms with van der Waals surface area (Å²) in [5, 5.41) is 0. The van der Waals surface area contributed by atoms with E-state index in [9.17, 15) is 0 Å². The maximum absolute atomic E-state index is 5.39. The molecule has 0 saturated carbocycles. The molecule has 9 heavy (non-hydrogen) atoms. The van der Waals surface area contributed by atoms with Crippen LogP contribution in [0.25, 0.3) is 0 Å². The highest BCUT2D eigenvalue weighted by molar-refractivity contribution is 7.06. The molecule has 0 saturated heterocycles. The quantitative estimate of drug-likeness (QED) is 0.605. The van der Waals surface area contributed by atoms with Gasteiger partial charge in [0, 0.05) is 4.88 Å². The maximum Gasteiger partial charge on any atom is 0.0656 e. The zero-order valence-corrected chi connectivity index (χ0v) is 6.83. The Morgan fingerprint density at radius 1 is 1.56 bits per heavy atom. The molecule has 0 aliphatic carbocycles. The fraction of sp³-hybridized carbons (Fsp3) is 0.500. The first kappa shape index (κ1) is 8.43. The van der Waals surface area contributed by atoms with Gasteiger partial charge in [0.15, 0.2) is 0 Å². The molecule has 2 N–H and O–H groups in total. The molecular weight excluding hydrogens is 132 g/mol. The summed E-state index contributed by atoms with van der Waals surface area (Å²) >= 11 is 1.43. The van der Waals surface area contributed by atoms with Gasteiger partial charge < -0.3 is 5.73 Å². The van der Waals surface area contributed by atoms with Crippen molar-refractivity contribution >= 4 is 17.2 Å². The van der Waals surface area contributed by atoms with Gasteiger partial charge in [-0.25, -0.2) is 0 Å². The van der Waals surface area contributed by atoms with Crippen molar-refractivity contribution in [2.45, 2.75) is 20.8 Å². The van der Waals surface area contributed by atoms with Crippen LogP contribution in [0.4, 0.5) is 5.69 Å². The molecule has 1 heterocycles. The lowest BCUT2D eigenvalue weighted by Gasteiger charge is -1.78. The minimum absolute atomic E-state index is 0.796. The third-order valence-corrected chi connectivity index (χ3v) is 1.51. The molecule has 0 radical (unpaired) electrons. The Balaban J connectivity index is 0.000000291. The molecule has 2 nitrogen and oxygen atoms in total. The van der Waals surface area contributed by atoms with Crippen LogP contribution in [0.2, 0.25) is 0 Å². The summed E-state index contributed by atoms with van der Waals surface area (Å²) in [5.41, 5.74) is 6.18. The van der Waals surface area contributed by atoms with Gasteiger partial charge >= 0.3 is 0 Å². The van der Waals surface area contributed by atoms with Crippen molar-refractivity contribution < 1.29 is 0 Å². The number of nitrogen functional groups attached to an aromatic ring is 1. The summed E-state index contributed by atoms with van der Waals surface area (Å²) in [6.07, 6.45) is 1.67. The summed E-state index contributed by atoms with van der Waals surface area (Å²) in [5.74, 6) is 0. The number of aryl methyl sites for hydroxylation is 1. The highest BCUT2D eigenvalue weighted by atomic mass is 32.1. The van der Waals surface area contributed by atoms with Crippen molar-refractivity contribution in [2.75, 3.05) is 5.73 Å². The van der Waals surface area contributed by atoms with E-state index in [1.54, 1.807) is 6.20 Å². The summed E-state index contributed by atoms with van der Waals surface area (Å²) in [6.45, 7) is 5.95. The van der Waals surface area contributed by atoms with Crippen molar-refractivity contribution in [2.24, 2.45) is 0 Å². The van der Waals surface area contributed by atoms with Crippen LogP contribution in [0, 0.1) is 6.92 Å². The smallest absolute Gasteiger partial charge is 0.0656 e. The van der Waals surface area contributed by atoms with Gasteiger partial charge in [0.1, 0.15) is 0 Å². The third-order valence-electron chi connectivity index (χ3n) is 0.788. The van der Waals surface area contributed by atoms with Crippen molar-refractivity contribution in [1.29, 1.82) is 0 Å². The van der Waals surface area contributed by atoms with Gasteiger partial charge in [0.2, 0.25) is 0 Å². The van der Waals surface area contributed by atoms with Crippen molar-refractivity contribution in [3.63, 3.8) is 0 Å². The number of anilines is 1. The SMILES string of the molecule is CC.Cc1sncc1N. The van der Waals surface area contributed by atoms with Gasteiger partial charge in [-0.05, 0) is 18.5 Å². The highest BCUT2D eigenvalue weighted by Crippen LogP contribution is 2.11. The Hall–Kier alpha value is -0.570. The minimum atomic E-state index is 0.796. The van der Waals surface area contributed by atoms with Gasteiger partial charge in [-0.3, -0.25) is 0 Å². The lowest BCUT2D eigenvalue weighted by Crippen LogP contribution is -1.80. The Kier molecular flexibility index (Phi) is 4.05. The van der Waals surface area contributed by atoms with E-state index in [2.05, 4.69) is 4.37 Å². The molecule has 0 aliphatic rings. The van der Waals surface area contributed by atoms with E-state index < -0.39 is 0 Å². The number of hydrogen-bond acceptors (Lipinski definition) is 3. The van der Waals surface area contributed by atoms with Crippen LogP contribution in [0.15, 0.2) is 6.20 Å². The molecule has 0 unspecified atom stereocenters. The number of nitrogens with zero attached hydrogens (tertiary/aromatic N) is 1. The molecule has 3 heteroatoms. The standard InChI is InChI=1S/C4H6N2S.C2H6/c1-3-4(5)2-6-7-3;1-2/h2H,5H2,1H3;1-2H3. The average Bonchev–Trinajstić information content (AvgIpc) is 2.23. The zero-order chi connectivity index (χ0) is 7.28. The molecule has 1 aromatic heterocycles. The number of hydrogen-bond donors (Lipinski definition) is 1. The minimum Gasteiger partial charge on any atom is -0.397 e. The van der Waals surface area contributed by atoms with Gasteiger partial charge in [-0.1, -0.05) is 13.8 Å². The molecule has 0 spiro atoms. The Bertz CT molecular complexity index is 143. The Morgan fingerprint density at radius 3 is 2.22 bits per heavy atom. The van der Waals surface area contributed by atoms with E-state index in [1.807, 2.05) is 20.8 Å². The van der Waals surface area contributed by atoms with E-state index in [4.69, 9.17) is 5.73 Å². The van der Waals surface area contributed by atoms with Crippen molar-refractivity contribution in [3.05, 3.63) is 11.1 Å². The van der Waals surface area contributed by atoms with Crippen LogP contribution in [-0.4, -0.2) is 4.37 Å². The number of nitrogens with two attached hydrogens (primary N) is 1. The summed E-state index contributed by atoms with van der Waals surface area (Å²) in [4.78, 5) is 1.10. The van der Waals surface area contributed by atoms with E-state index in [-0.39, 0.29) is 0 Å². The molecule has 1 rings (SSSR count). The predicted molar refractivity (Wildman–Crippen MR) is 42.6 cm³/mol. The van der Waals surface area contributed by atoms with Crippen LogP contribution < -0.4 is 5.73 Å². The molecule has 0 bridgehead atoms. The third kappa shape index (κ3) is 2.46. The first-order valence-corrected chi connectivity index (χ1v) is 3.75. The fourth-order valence-electron chi connectivity index (χ4n) is 0.306. The van der Waals surface area contributed by atoms with Gasteiger partial charge in [0.05, 0.1) is 11.9 Å². The number of aromatic nitrogens is 1. The van der Waals surface area contributed by atoms with Gasteiger partial charge in [-0.15, -0.1) is 0 Å². The van der Waals surface area contributed by atoms with Crippen LogP contribution in [0.5, 0.6) is 0 Å². The first-order valence-electron chi connectivity index (χ1n) is 2.97. The lowest BCUT2D eigenvalue weighted by molar-refractivity contribution is 1.50. The molecule has 0 aromatic carbocycles. The molecule has 1 aromatic rings. The molecule has 0 fully saturated rings. The van der Waals surface area contributed by atoms with Crippen LogP contribution in [0.3, 0.4) is 0 Å². The Labute approximate surface area is 59.9 Å². The van der Waals surface area contributed by atoms with Gasteiger partial charge in [-0.2, -0.15) is 4.37 Å². The monoisotopic (exact) mass is 144 g/mol. The number of rotatable bonds is 0. The van der Waals surface area contributed by atoms with E-state index in [0.29, 0.717) is 0 Å². The van der Waals surface area contributed by atoms with E-state index in [1.165, 1.54) is 11.5 Å². The largest absolute Gasteiger partial charge is 0.397 e. The van der Waals surface area contributed by atoms with Crippen molar-refractivity contribution in [3.8, 4) is 0 Å². The molecular formula is C6H12N2S. The second-order valence-corrected chi connectivity index (χ2v) is 2.34. The molecule has 0 amide bonds. The molecule has 0 atom stereocenters. The fourth-order valence-corrected chi connectivity index (χ4v) is 0.788.